The van der Waals surface area contributed by atoms with Crippen LogP contribution in [-0.4, -0.2) is 32.3 Å². The van der Waals surface area contributed by atoms with Gasteiger partial charge in [-0.15, -0.1) is 0 Å². The number of nitrogens with zero attached hydrogens (tertiary/aromatic N) is 1. The van der Waals surface area contributed by atoms with Gasteiger partial charge in [0.1, 0.15) is 11.6 Å². The first kappa shape index (κ1) is 15.1. The van der Waals surface area contributed by atoms with Gasteiger partial charge in [-0.3, -0.25) is 0 Å². The first-order chi connectivity index (χ1) is 9.74. The van der Waals surface area contributed by atoms with Crippen molar-refractivity contribution in [1.29, 1.82) is 0 Å². The third-order valence-corrected chi connectivity index (χ3v) is 3.81. The van der Waals surface area contributed by atoms with Crippen LogP contribution < -0.4 is 15.0 Å². The summed E-state index contributed by atoms with van der Waals surface area (Å²) in [4.78, 5) is 2.22. The van der Waals surface area contributed by atoms with Gasteiger partial charge in [0, 0.05) is 25.7 Å². The molecular weight excluding hydrogens is 255 g/mol. The molecule has 1 aromatic rings. The minimum atomic E-state index is -0.200. The monoisotopic (exact) mass is 280 g/mol. The van der Waals surface area contributed by atoms with Crippen molar-refractivity contribution in [3.05, 3.63) is 24.0 Å². The van der Waals surface area contributed by atoms with Crippen molar-refractivity contribution in [2.24, 2.45) is 0 Å². The van der Waals surface area contributed by atoms with Gasteiger partial charge in [-0.25, -0.2) is 4.39 Å². The summed E-state index contributed by atoms with van der Waals surface area (Å²) in [7, 11) is 0. The van der Waals surface area contributed by atoms with Crippen LogP contribution in [0.2, 0.25) is 0 Å². The predicted octanol–water partition coefficient (Wildman–Crippen LogP) is 3.19. The number of anilines is 1. The standard InChI is InChI=1S/C16H25FN2O/c1-3-14(4-2)20-16-7-6-13(17)12-15(16)19-10-5-8-18-9-11-19/h6-7,12,14,18H,3-5,8-11H2,1-2H3. The van der Waals surface area contributed by atoms with Crippen LogP contribution >= 0.6 is 0 Å². The van der Waals surface area contributed by atoms with E-state index in [2.05, 4.69) is 24.1 Å². The number of ether oxygens (including phenoxy) is 1. The number of hydrogen-bond acceptors (Lipinski definition) is 3. The summed E-state index contributed by atoms with van der Waals surface area (Å²) in [6.45, 7) is 8.02. The largest absolute Gasteiger partial charge is 0.488 e. The second kappa shape index (κ2) is 7.48. The Morgan fingerprint density at radius 2 is 2.05 bits per heavy atom. The first-order valence-corrected chi connectivity index (χ1v) is 7.66. The first-order valence-electron chi connectivity index (χ1n) is 7.66. The quantitative estimate of drug-likeness (QED) is 0.896. The smallest absolute Gasteiger partial charge is 0.143 e. The van der Waals surface area contributed by atoms with Crippen LogP contribution in [0.5, 0.6) is 5.75 Å². The predicted molar refractivity (Wildman–Crippen MR) is 81.1 cm³/mol. The summed E-state index contributed by atoms with van der Waals surface area (Å²) in [6, 6.07) is 4.85. The van der Waals surface area contributed by atoms with E-state index in [0.29, 0.717) is 0 Å². The Labute approximate surface area is 121 Å². The van der Waals surface area contributed by atoms with Gasteiger partial charge in [0.2, 0.25) is 0 Å². The maximum atomic E-state index is 13.6. The van der Waals surface area contributed by atoms with Crippen molar-refractivity contribution < 1.29 is 9.13 Å². The molecule has 1 aliphatic rings. The van der Waals surface area contributed by atoms with E-state index in [1.807, 2.05) is 0 Å². The van der Waals surface area contributed by atoms with Gasteiger partial charge in [0.25, 0.3) is 0 Å². The van der Waals surface area contributed by atoms with E-state index in [1.165, 1.54) is 6.07 Å². The van der Waals surface area contributed by atoms with Crippen molar-refractivity contribution >= 4 is 5.69 Å². The molecule has 0 radical (unpaired) electrons. The summed E-state index contributed by atoms with van der Waals surface area (Å²) < 4.78 is 19.7. The molecule has 0 unspecified atom stereocenters. The lowest BCUT2D eigenvalue weighted by Crippen LogP contribution is -2.29. The Balaban J connectivity index is 2.22. The van der Waals surface area contributed by atoms with Crippen LogP contribution in [0.3, 0.4) is 0 Å². The normalized spacial score (nSPS) is 16.3. The van der Waals surface area contributed by atoms with Crippen molar-refractivity contribution in [1.82, 2.24) is 5.32 Å². The van der Waals surface area contributed by atoms with E-state index in [9.17, 15) is 4.39 Å². The molecule has 0 aromatic heterocycles. The molecule has 2 rings (SSSR count). The lowest BCUT2D eigenvalue weighted by atomic mass is 10.2. The zero-order valence-electron chi connectivity index (χ0n) is 12.5. The fourth-order valence-electron chi connectivity index (χ4n) is 2.56. The van der Waals surface area contributed by atoms with Gasteiger partial charge in [-0.1, -0.05) is 13.8 Å². The Bertz CT molecular complexity index is 413. The molecule has 1 fully saturated rings. The summed E-state index contributed by atoms with van der Waals surface area (Å²) in [5, 5.41) is 3.37. The summed E-state index contributed by atoms with van der Waals surface area (Å²) in [6.07, 6.45) is 3.20. The van der Waals surface area contributed by atoms with Crippen molar-refractivity contribution in [3.63, 3.8) is 0 Å². The SMILES string of the molecule is CCC(CC)Oc1ccc(F)cc1N1CCCNCC1. The van der Waals surface area contributed by atoms with Crippen LogP contribution in [-0.2, 0) is 0 Å². The molecule has 0 bridgehead atoms. The highest BCUT2D eigenvalue weighted by atomic mass is 19.1. The summed E-state index contributed by atoms with van der Waals surface area (Å²) in [5.74, 6) is 0.608. The number of rotatable bonds is 5. The summed E-state index contributed by atoms with van der Waals surface area (Å²) >= 11 is 0. The van der Waals surface area contributed by atoms with Crippen LogP contribution in [0, 0.1) is 5.82 Å². The molecule has 0 saturated carbocycles. The van der Waals surface area contributed by atoms with Crippen molar-refractivity contribution in [3.8, 4) is 5.75 Å². The Morgan fingerprint density at radius 3 is 2.80 bits per heavy atom. The van der Waals surface area contributed by atoms with Gasteiger partial charge in [0.15, 0.2) is 0 Å². The van der Waals surface area contributed by atoms with E-state index in [0.717, 1.165) is 56.9 Å². The Hall–Kier alpha value is -1.29. The molecule has 20 heavy (non-hydrogen) atoms. The molecular formula is C16H25FN2O. The molecule has 0 atom stereocenters. The average Bonchev–Trinajstić information content (AvgIpc) is 2.75. The van der Waals surface area contributed by atoms with Gasteiger partial charge >= 0.3 is 0 Å². The lowest BCUT2D eigenvalue weighted by Gasteiger charge is -2.27. The zero-order valence-corrected chi connectivity index (χ0v) is 12.5. The van der Waals surface area contributed by atoms with E-state index in [1.54, 1.807) is 12.1 Å². The molecule has 1 aromatic carbocycles. The number of hydrogen-bond donors (Lipinski definition) is 1. The number of nitrogens with one attached hydrogen (secondary N) is 1. The van der Waals surface area contributed by atoms with Crippen LogP contribution in [0.15, 0.2) is 18.2 Å². The topological polar surface area (TPSA) is 24.5 Å². The fourth-order valence-corrected chi connectivity index (χ4v) is 2.56. The maximum absolute atomic E-state index is 13.6. The number of benzene rings is 1. The third-order valence-electron chi connectivity index (χ3n) is 3.81. The molecule has 1 saturated heterocycles. The molecule has 3 nitrogen and oxygen atoms in total. The highest BCUT2D eigenvalue weighted by Gasteiger charge is 2.17. The van der Waals surface area contributed by atoms with Crippen molar-refractivity contribution in [2.75, 3.05) is 31.1 Å². The van der Waals surface area contributed by atoms with E-state index < -0.39 is 0 Å². The van der Waals surface area contributed by atoms with Gasteiger partial charge in [-0.2, -0.15) is 0 Å². The maximum Gasteiger partial charge on any atom is 0.143 e. The van der Waals surface area contributed by atoms with E-state index >= 15 is 0 Å². The molecule has 1 N–H and O–H groups in total. The minimum absolute atomic E-state index is 0.198. The highest BCUT2D eigenvalue weighted by Crippen LogP contribution is 2.31. The van der Waals surface area contributed by atoms with Gasteiger partial charge in [-0.05, 0) is 37.9 Å². The fraction of sp³-hybridized carbons (Fsp3) is 0.625. The van der Waals surface area contributed by atoms with Crippen LogP contribution in [0.25, 0.3) is 0 Å². The highest BCUT2D eigenvalue weighted by molar-refractivity contribution is 5.59. The van der Waals surface area contributed by atoms with Crippen LogP contribution in [0.1, 0.15) is 33.1 Å². The Morgan fingerprint density at radius 1 is 1.25 bits per heavy atom. The summed E-state index contributed by atoms with van der Waals surface area (Å²) in [5.41, 5.74) is 0.889. The van der Waals surface area contributed by atoms with Gasteiger partial charge < -0.3 is 15.0 Å². The average molecular weight is 280 g/mol. The Kier molecular flexibility index (Phi) is 5.65. The molecule has 0 spiro atoms. The van der Waals surface area contributed by atoms with Crippen molar-refractivity contribution in [2.45, 2.75) is 39.2 Å². The minimum Gasteiger partial charge on any atom is -0.488 e. The van der Waals surface area contributed by atoms with E-state index in [-0.39, 0.29) is 11.9 Å². The molecule has 1 heterocycles. The molecule has 4 heteroatoms. The molecule has 0 amide bonds. The zero-order chi connectivity index (χ0) is 14.4. The second-order valence-electron chi connectivity index (χ2n) is 5.26. The third kappa shape index (κ3) is 3.85. The van der Waals surface area contributed by atoms with Gasteiger partial charge in [0.05, 0.1) is 11.8 Å². The van der Waals surface area contributed by atoms with Crippen LogP contribution in [0.4, 0.5) is 10.1 Å². The lowest BCUT2D eigenvalue weighted by molar-refractivity contribution is 0.193. The molecule has 112 valence electrons. The van der Waals surface area contributed by atoms with E-state index in [4.69, 9.17) is 4.74 Å². The molecule has 0 aliphatic carbocycles. The second-order valence-corrected chi connectivity index (χ2v) is 5.26. The number of halogens is 1. The molecule has 1 aliphatic heterocycles.